The highest BCUT2D eigenvalue weighted by Crippen LogP contribution is 2.14. The predicted octanol–water partition coefficient (Wildman–Crippen LogP) is 0.572. The molecule has 0 bridgehead atoms. The zero-order valence-electron chi connectivity index (χ0n) is 7.65. The van der Waals surface area contributed by atoms with Crippen LogP contribution in [-0.2, 0) is 9.53 Å². The Bertz CT molecular complexity index is 203. The molecule has 1 atom stereocenters. The van der Waals surface area contributed by atoms with Gasteiger partial charge >= 0.3 is 5.97 Å². The van der Waals surface area contributed by atoms with Gasteiger partial charge in [-0.05, 0) is 6.92 Å². The average molecular weight is 170 g/mol. The zero-order valence-corrected chi connectivity index (χ0v) is 7.65. The molecule has 68 valence electrons. The van der Waals surface area contributed by atoms with E-state index < -0.39 is 0 Å². The molecule has 4 nitrogen and oxygen atoms in total. The van der Waals surface area contributed by atoms with Crippen LogP contribution in [0.5, 0.6) is 0 Å². The van der Waals surface area contributed by atoms with Crippen molar-refractivity contribution in [1.82, 2.24) is 9.80 Å². The molecule has 1 heterocycles. The normalized spacial score (nSPS) is 21.8. The van der Waals surface area contributed by atoms with Gasteiger partial charge in [0.05, 0.1) is 0 Å². The molecule has 0 aliphatic carbocycles. The summed E-state index contributed by atoms with van der Waals surface area (Å²) in [5, 5.41) is 0. The Morgan fingerprint density at radius 1 is 1.58 bits per heavy atom. The second-order valence-electron chi connectivity index (χ2n) is 2.73. The van der Waals surface area contributed by atoms with Crippen LogP contribution in [0.3, 0.4) is 0 Å². The summed E-state index contributed by atoms with van der Waals surface area (Å²) in [4.78, 5) is 14.5. The number of rotatable bonds is 2. The van der Waals surface area contributed by atoms with Gasteiger partial charge in [0.2, 0.25) is 0 Å². The van der Waals surface area contributed by atoms with Crippen molar-refractivity contribution in [3.63, 3.8) is 0 Å². The first-order valence-electron chi connectivity index (χ1n) is 3.98. The Hall–Kier alpha value is -1.19. The monoisotopic (exact) mass is 170 g/mol. The second kappa shape index (κ2) is 3.47. The number of hydrogen-bond donors (Lipinski definition) is 0. The maximum atomic E-state index is 10.7. The molecular formula is C8H14N2O2. The van der Waals surface area contributed by atoms with Crippen molar-refractivity contribution in [3.05, 3.63) is 12.4 Å². The summed E-state index contributed by atoms with van der Waals surface area (Å²) in [7, 11) is 1.87. The fraction of sp³-hybridized carbons (Fsp3) is 0.625. The van der Waals surface area contributed by atoms with E-state index in [1.54, 1.807) is 0 Å². The van der Waals surface area contributed by atoms with E-state index in [4.69, 9.17) is 4.74 Å². The van der Waals surface area contributed by atoms with Gasteiger partial charge in [-0.3, -0.25) is 4.79 Å². The van der Waals surface area contributed by atoms with E-state index in [2.05, 4.69) is 0 Å². The lowest BCUT2D eigenvalue weighted by Crippen LogP contribution is -2.39. The number of esters is 1. The van der Waals surface area contributed by atoms with E-state index in [9.17, 15) is 4.79 Å². The molecule has 1 aliphatic rings. The van der Waals surface area contributed by atoms with Crippen molar-refractivity contribution >= 4 is 5.97 Å². The summed E-state index contributed by atoms with van der Waals surface area (Å²) in [6.07, 6.45) is 3.54. The van der Waals surface area contributed by atoms with E-state index >= 15 is 0 Å². The molecule has 0 fully saturated rings. The molecule has 1 aliphatic heterocycles. The van der Waals surface area contributed by atoms with E-state index in [-0.39, 0.29) is 12.3 Å². The van der Waals surface area contributed by atoms with Gasteiger partial charge in [-0.25, -0.2) is 0 Å². The van der Waals surface area contributed by atoms with Crippen LogP contribution in [0.25, 0.3) is 0 Å². The first-order chi connectivity index (χ1) is 5.65. The standard InChI is InChI=1S/C8H14N2O2/c1-4-10-6-5-9(3)8(10)12-7(2)11/h5-6,8H,4H2,1-3H3. The van der Waals surface area contributed by atoms with E-state index in [0.29, 0.717) is 0 Å². The Labute approximate surface area is 72.4 Å². The maximum Gasteiger partial charge on any atom is 0.305 e. The number of carbonyl (C=O) groups excluding carboxylic acids is 1. The molecule has 0 saturated heterocycles. The van der Waals surface area contributed by atoms with Crippen molar-refractivity contribution in [2.24, 2.45) is 0 Å². The topological polar surface area (TPSA) is 32.8 Å². The third-order valence-electron chi connectivity index (χ3n) is 1.76. The summed E-state index contributed by atoms with van der Waals surface area (Å²) in [6, 6.07) is 0. The minimum absolute atomic E-state index is 0.256. The molecule has 0 saturated carbocycles. The van der Waals surface area contributed by atoms with Crippen molar-refractivity contribution < 1.29 is 9.53 Å². The first kappa shape index (κ1) is 8.90. The zero-order chi connectivity index (χ0) is 9.14. The van der Waals surface area contributed by atoms with E-state index in [1.807, 2.05) is 36.2 Å². The molecule has 1 unspecified atom stereocenters. The van der Waals surface area contributed by atoms with Crippen LogP contribution in [0.15, 0.2) is 12.4 Å². The van der Waals surface area contributed by atoms with Gasteiger partial charge in [-0.15, -0.1) is 0 Å². The van der Waals surface area contributed by atoms with Gasteiger partial charge in [0.15, 0.2) is 0 Å². The average Bonchev–Trinajstić information content (AvgIpc) is 2.32. The summed E-state index contributed by atoms with van der Waals surface area (Å²) >= 11 is 0. The predicted molar refractivity (Wildman–Crippen MR) is 44.8 cm³/mol. The largest absolute Gasteiger partial charge is 0.423 e. The third-order valence-corrected chi connectivity index (χ3v) is 1.76. The lowest BCUT2D eigenvalue weighted by molar-refractivity contribution is -0.163. The lowest BCUT2D eigenvalue weighted by atomic mass is 10.6. The van der Waals surface area contributed by atoms with Crippen LogP contribution in [0, 0.1) is 0 Å². The highest BCUT2D eigenvalue weighted by atomic mass is 16.6. The Kier molecular flexibility index (Phi) is 2.58. The molecule has 12 heavy (non-hydrogen) atoms. The highest BCUT2D eigenvalue weighted by Gasteiger charge is 2.24. The summed E-state index contributed by atoms with van der Waals surface area (Å²) < 4.78 is 5.08. The van der Waals surface area contributed by atoms with Crippen molar-refractivity contribution in [3.8, 4) is 0 Å². The van der Waals surface area contributed by atoms with E-state index in [0.717, 1.165) is 6.54 Å². The van der Waals surface area contributed by atoms with Crippen LogP contribution < -0.4 is 0 Å². The van der Waals surface area contributed by atoms with Gasteiger partial charge in [-0.2, -0.15) is 0 Å². The van der Waals surface area contributed by atoms with Gasteiger partial charge in [-0.1, -0.05) is 0 Å². The minimum atomic E-state index is -0.257. The van der Waals surface area contributed by atoms with Gasteiger partial charge in [0, 0.05) is 32.9 Å². The number of nitrogens with zero attached hydrogens (tertiary/aromatic N) is 2. The highest BCUT2D eigenvalue weighted by molar-refractivity contribution is 5.66. The molecule has 1 rings (SSSR count). The van der Waals surface area contributed by atoms with Crippen molar-refractivity contribution in [2.75, 3.05) is 13.6 Å². The van der Waals surface area contributed by atoms with Crippen molar-refractivity contribution in [1.29, 1.82) is 0 Å². The number of hydrogen-bond acceptors (Lipinski definition) is 4. The smallest absolute Gasteiger partial charge is 0.305 e. The second-order valence-corrected chi connectivity index (χ2v) is 2.73. The fourth-order valence-corrected chi connectivity index (χ4v) is 1.13. The molecule has 0 N–H and O–H groups in total. The molecule has 4 heteroatoms. The van der Waals surface area contributed by atoms with E-state index in [1.165, 1.54) is 6.92 Å². The van der Waals surface area contributed by atoms with Gasteiger partial charge in [0.1, 0.15) is 0 Å². The number of carbonyl (C=O) groups is 1. The third kappa shape index (κ3) is 1.69. The summed E-state index contributed by atoms with van der Waals surface area (Å²) in [5.41, 5.74) is 0. The van der Waals surface area contributed by atoms with Crippen LogP contribution in [-0.4, -0.2) is 35.7 Å². The van der Waals surface area contributed by atoms with Crippen molar-refractivity contribution in [2.45, 2.75) is 20.2 Å². The molecular weight excluding hydrogens is 156 g/mol. The molecule has 0 radical (unpaired) electrons. The first-order valence-corrected chi connectivity index (χ1v) is 3.98. The SMILES string of the molecule is CCN1C=CN(C)C1OC(C)=O. The van der Waals surface area contributed by atoms with Gasteiger partial charge < -0.3 is 14.5 Å². The Morgan fingerprint density at radius 3 is 2.75 bits per heavy atom. The Balaban J connectivity index is 2.55. The molecule has 0 aromatic rings. The van der Waals surface area contributed by atoms with Crippen LogP contribution in [0.4, 0.5) is 0 Å². The van der Waals surface area contributed by atoms with Crippen LogP contribution in [0.2, 0.25) is 0 Å². The van der Waals surface area contributed by atoms with Crippen LogP contribution in [0.1, 0.15) is 13.8 Å². The molecule has 0 amide bonds. The quantitative estimate of drug-likeness (QED) is 0.567. The Morgan fingerprint density at radius 2 is 2.25 bits per heavy atom. The number of ether oxygens (including phenoxy) is 1. The molecule has 0 aromatic heterocycles. The maximum absolute atomic E-state index is 10.7. The lowest BCUT2D eigenvalue weighted by Gasteiger charge is -2.27. The molecule has 0 spiro atoms. The fourth-order valence-electron chi connectivity index (χ4n) is 1.13. The summed E-state index contributed by atoms with van der Waals surface area (Å²) in [5.74, 6) is -0.256. The molecule has 0 aromatic carbocycles. The van der Waals surface area contributed by atoms with Gasteiger partial charge in [0.25, 0.3) is 6.35 Å². The minimum Gasteiger partial charge on any atom is -0.423 e. The van der Waals surface area contributed by atoms with Crippen LogP contribution >= 0.6 is 0 Å². The summed E-state index contributed by atoms with van der Waals surface area (Å²) in [6.45, 7) is 4.26.